The highest BCUT2D eigenvalue weighted by molar-refractivity contribution is 8.01. The van der Waals surface area contributed by atoms with Crippen LogP contribution in [0.1, 0.15) is 12.0 Å². The molecule has 0 bridgehead atoms. The number of benzene rings is 1. The van der Waals surface area contributed by atoms with Gasteiger partial charge in [-0.25, -0.2) is 0 Å². The van der Waals surface area contributed by atoms with Crippen molar-refractivity contribution in [1.82, 2.24) is 9.62 Å². The number of ether oxygens (including phenoxy) is 1. The van der Waals surface area contributed by atoms with Crippen LogP contribution in [0.2, 0.25) is 0 Å². The molecule has 146 valence electrons. The van der Waals surface area contributed by atoms with Gasteiger partial charge in [-0.05, 0) is 49.2 Å². The predicted octanol–water partition coefficient (Wildman–Crippen LogP) is 1.01. The van der Waals surface area contributed by atoms with Gasteiger partial charge in [0.15, 0.2) is 6.29 Å². The molecule has 0 spiro atoms. The maximum Gasteiger partial charge on any atom is 0.171 e. The van der Waals surface area contributed by atoms with Crippen molar-refractivity contribution in [3.05, 3.63) is 34.7 Å². The first kappa shape index (κ1) is 20.1. The Balaban J connectivity index is 1.57. The van der Waals surface area contributed by atoms with E-state index in [1.165, 1.54) is 5.69 Å². The number of aliphatic hydroxyl groups is 2. The van der Waals surface area contributed by atoms with Crippen molar-refractivity contribution >= 4 is 23.7 Å². The molecule has 8 heteroatoms. The first-order valence-corrected chi connectivity index (χ1v) is 9.92. The van der Waals surface area contributed by atoms with Crippen molar-refractivity contribution < 1.29 is 14.9 Å². The molecule has 2 aliphatic rings. The van der Waals surface area contributed by atoms with Crippen LogP contribution in [0.4, 0.5) is 5.69 Å². The highest BCUT2D eigenvalue weighted by Gasteiger charge is 2.29. The van der Waals surface area contributed by atoms with Gasteiger partial charge in [0.1, 0.15) is 11.0 Å². The maximum atomic E-state index is 9.81. The van der Waals surface area contributed by atoms with Gasteiger partial charge in [-0.3, -0.25) is 4.72 Å². The number of anilines is 1. The minimum absolute atomic E-state index is 0.130. The molecule has 1 aromatic carbocycles. The van der Waals surface area contributed by atoms with Crippen LogP contribution in [0.25, 0.3) is 6.08 Å². The molecular weight excluding hydrogens is 364 g/mol. The third-order valence-corrected chi connectivity index (χ3v) is 5.67. The first-order valence-electron chi connectivity index (χ1n) is 9.10. The lowest BCUT2D eigenvalue weighted by Crippen LogP contribution is -2.46. The summed E-state index contributed by atoms with van der Waals surface area (Å²) in [4.78, 5) is 5.17. The Morgan fingerprint density at radius 1 is 1.26 bits per heavy atom. The molecule has 27 heavy (non-hydrogen) atoms. The summed E-state index contributed by atoms with van der Waals surface area (Å²) in [5.41, 5.74) is 2.14. The van der Waals surface area contributed by atoms with E-state index in [1.807, 2.05) is 12.1 Å². The number of nitrogens with one attached hydrogen (secondary N) is 1. The average Bonchev–Trinajstić information content (AvgIpc) is 2.68. The number of allylic oxidation sites excluding steroid dienone is 1. The Bertz CT molecular complexity index is 683. The number of piperazine rings is 1. The molecule has 3 atom stereocenters. The molecule has 0 aromatic heterocycles. The Morgan fingerprint density at radius 2 is 1.96 bits per heavy atom. The number of likely N-dealkylation sites (N-methyl/N-ethyl adjacent to an activating group) is 1. The van der Waals surface area contributed by atoms with Gasteiger partial charge in [-0.2, -0.15) is 5.26 Å². The average molecular weight is 391 g/mol. The standard InChI is InChI=1S/C19H26N4O3S/c1-22-6-8-23(9-7-22)15-4-2-14(3-5-15)10-17(12-20)27-21-18-11-16(24)13-26-19(18)25/h2-5,10,16,18-19,21,24-25H,6-9,11,13H2,1H3/b17-10+. The van der Waals surface area contributed by atoms with Crippen LogP contribution in [0.5, 0.6) is 0 Å². The Hall–Kier alpha value is -1.60. The van der Waals surface area contributed by atoms with E-state index in [0.717, 1.165) is 43.7 Å². The molecule has 2 fully saturated rings. The second kappa shape index (κ2) is 9.55. The number of hydrogen-bond acceptors (Lipinski definition) is 8. The second-order valence-electron chi connectivity index (χ2n) is 6.94. The molecule has 3 unspecified atom stereocenters. The van der Waals surface area contributed by atoms with Gasteiger partial charge in [-0.1, -0.05) is 12.1 Å². The smallest absolute Gasteiger partial charge is 0.171 e. The van der Waals surface area contributed by atoms with Crippen molar-refractivity contribution in [3.63, 3.8) is 0 Å². The number of rotatable bonds is 5. The number of nitrogens with zero attached hydrogens (tertiary/aromatic N) is 3. The van der Waals surface area contributed by atoms with Crippen molar-refractivity contribution in [3.8, 4) is 6.07 Å². The van der Waals surface area contributed by atoms with Gasteiger partial charge in [0, 0.05) is 31.9 Å². The fourth-order valence-corrected chi connectivity index (χ4v) is 3.86. The normalized spacial score (nSPS) is 27.4. The highest BCUT2D eigenvalue weighted by atomic mass is 32.2. The predicted molar refractivity (Wildman–Crippen MR) is 107 cm³/mol. The molecular formula is C19H26N4O3S. The zero-order valence-electron chi connectivity index (χ0n) is 15.4. The Kier molecular flexibility index (Phi) is 7.13. The molecule has 3 rings (SSSR count). The van der Waals surface area contributed by atoms with Crippen LogP contribution in [-0.4, -0.2) is 73.4 Å². The Labute approximate surface area is 164 Å². The molecule has 2 aliphatic heterocycles. The summed E-state index contributed by atoms with van der Waals surface area (Å²) < 4.78 is 8.10. The van der Waals surface area contributed by atoms with Crippen molar-refractivity contribution in [2.24, 2.45) is 0 Å². The van der Waals surface area contributed by atoms with Crippen LogP contribution < -0.4 is 9.62 Å². The summed E-state index contributed by atoms with van der Waals surface area (Å²) in [7, 11) is 2.14. The third-order valence-electron chi connectivity index (χ3n) is 4.82. The maximum absolute atomic E-state index is 9.81. The van der Waals surface area contributed by atoms with Gasteiger partial charge in [0.2, 0.25) is 0 Å². The third kappa shape index (κ3) is 5.69. The van der Waals surface area contributed by atoms with E-state index >= 15 is 0 Å². The molecule has 0 aliphatic carbocycles. The lowest BCUT2D eigenvalue weighted by molar-refractivity contribution is -0.168. The van der Waals surface area contributed by atoms with Gasteiger partial charge in [0.05, 0.1) is 18.8 Å². The van der Waals surface area contributed by atoms with Crippen LogP contribution in [0.15, 0.2) is 29.2 Å². The van der Waals surface area contributed by atoms with E-state index in [9.17, 15) is 15.5 Å². The van der Waals surface area contributed by atoms with E-state index in [4.69, 9.17) is 4.74 Å². The number of nitriles is 1. The fraction of sp³-hybridized carbons (Fsp3) is 0.526. The largest absolute Gasteiger partial charge is 0.391 e. The van der Waals surface area contributed by atoms with Crippen LogP contribution in [0, 0.1) is 11.3 Å². The number of aliphatic hydroxyl groups excluding tert-OH is 2. The molecule has 2 saturated heterocycles. The van der Waals surface area contributed by atoms with Crippen molar-refractivity contribution in [1.29, 1.82) is 5.26 Å². The molecule has 0 radical (unpaired) electrons. The van der Waals surface area contributed by atoms with Gasteiger partial charge in [0.25, 0.3) is 0 Å². The van der Waals surface area contributed by atoms with Crippen molar-refractivity contribution in [2.45, 2.75) is 24.9 Å². The van der Waals surface area contributed by atoms with E-state index in [1.54, 1.807) is 6.08 Å². The van der Waals surface area contributed by atoms with Gasteiger partial charge >= 0.3 is 0 Å². The summed E-state index contributed by atoms with van der Waals surface area (Å²) in [5, 5.41) is 28.8. The zero-order valence-corrected chi connectivity index (χ0v) is 16.2. The Morgan fingerprint density at radius 3 is 2.63 bits per heavy atom. The van der Waals surface area contributed by atoms with Gasteiger partial charge < -0.3 is 24.7 Å². The van der Waals surface area contributed by atoms with E-state index in [-0.39, 0.29) is 6.61 Å². The molecule has 2 heterocycles. The van der Waals surface area contributed by atoms with E-state index < -0.39 is 18.4 Å². The van der Waals surface area contributed by atoms with Crippen molar-refractivity contribution in [2.75, 3.05) is 44.7 Å². The quantitative estimate of drug-likeness (QED) is 0.507. The zero-order chi connectivity index (χ0) is 19.2. The molecule has 0 saturated carbocycles. The molecule has 1 aromatic rings. The minimum atomic E-state index is -0.983. The summed E-state index contributed by atoms with van der Waals surface area (Å²) in [6, 6.07) is 9.92. The SMILES string of the molecule is CN1CCN(c2ccc(/C=C(\C#N)SNC3CC(O)COC3O)cc2)CC1. The minimum Gasteiger partial charge on any atom is -0.391 e. The van der Waals surface area contributed by atoms with Crippen LogP contribution in [0.3, 0.4) is 0 Å². The lowest BCUT2D eigenvalue weighted by atomic mass is 10.1. The van der Waals surface area contributed by atoms with E-state index in [2.05, 4.69) is 39.8 Å². The summed E-state index contributed by atoms with van der Waals surface area (Å²) in [6.45, 7) is 4.30. The van der Waals surface area contributed by atoms with Gasteiger partial charge in [-0.15, -0.1) is 0 Å². The lowest BCUT2D eigenvalue weighted by Gasteiger charge is -2.34. The summed E-state index contributed by atoms with van der Waals surface area (Å²) >= 11 is 1.14. The first-order chi connectivity index (χ1) is 13.0. The molecule has 7 nitrogen and oxygen atoms in total. The second-order valence-corrected chi connectivity index (χ2v) is 7.82. The van der Waals surface area contributed by atoms with Crippen LogP contribution in [-0.2, 0) is 4.74 Å². The fourth-order valence-electron chi connectivity index (χ4n) is 3.13. The number of hydrogen-bond donors (Lipinski definition) is 3. The van der Waals surface area contributed by atoms with Crippen LogP contribution >= 0.6 is 11.9 Å². The molecule has 0 amide bonds. The van der Waals surface area contributed by atoms with E-state index in [0.29, 0.717) is 11.3 Å². The highest BCUT2D eigenvalue weighted by Crippen LogP contribution is 2.22. The molecule has 3 N–H and O–H groups in total. The summed E-state index contributed by atoms with van der Waals surface area (Å²) in [6.07, 6.45) is 0.594. The monoisotopic (exact) mass is 390 g/mol. The summed E-state index contributed by atoms with van der Waals surface area (Å²) in [5.74, 6) is 0. The topological polar surface area (TPSA) is 92.0 Å².